The van der Waals surface area contributed by atoms with Crippen molar-refractivity contribution >= 4 is 23.3 Å². The second kappa shape index (κ2) is 9.40. The van der Waals surface area contributed by atoms with Gasteiger partial charge in [-0.2, -0.15) is 0 Å². The third-order valence-electron chi connectivity index (χ3n) is 3.93. The molecule has 10 nitrogen and oxygen atoms in total. The van der Waals surface area contributed by atoms with Crippen LogP contribution in [0.25, 0.3) is 0 Å². The predicted molar refractivity (Wildman–Crippen MR) is 103 cm³/mol. The van der Waals surface area contributed by atoms with Gasteiger partial charge >= 0.3 is 5.97 Å². The van der Waals surface area contributed by atoms with Crippen LogP contribution in [0, 0.1) is 10.1 Å². The molecule has 154 valence electrons. The van der Waals surface area contributed by atoms with E-state index in [9.17, 15) is 19.7 Å². The highest BCUT2D eigenvalue weighted by Gasteiger charge is 2.28. The topological polar surface area (TPSA) is 126 Å². The van der Waals surface area contributed by atoms with E-state index in [2.05, 4.69) is 5.32 Å². The normalized spacial score (nSPS) is 11.2. The number of ether oxygens (including phenoxy) is 4. The molecule has 1 N–H and O–H groups in total. The summed E-state index contributed by atoms with van der Waals surface area (Å²) in [6.07, 6.45) is -1.21. The minimum absolute atomic E-state index is 0.0843. The van der Waals surface area contributed by atoms with Crippen LogP contribution < -0.4 is 19.5 Å². The van der Waals surface area contributed by atoms with E-state index in [4.69, 9.17) is 18.9 Å². The molecule has 1 atom stereocenters. The number of carbonyl (C=O) groups excluding carboxylic acids is 2. The van der Waals surface area contributed by atoms with Crippen LogP contribution in [0.15, 0.2) is 36.4 Å². The van der Waals surface area contributed by atoms with Crippen molar-refractivity contribution in [3.8, 4) is 17.2 Å². The number of nitrogens with zero attached hydrogens (tertiary/aromatic N) is 1. The quantitative estimate of drug-likeness (QED) is 0.404. The Morgan fingerprint density at radius 1 is 1.00 bits per heavy atom. The van der Waals surface area contributed by atoms with Crippen LogP contribution in [-0.4, -0.2) is 44.2 Å². The lowest BCUT2D eigenvalue weighted by atomic mass is 10.1. The van der Waals surface area contributed by atoms with Crippen molar-refractivity contribution in [2.45, 2.75) is 13.0 Å². The molecule has 0 aliphatic carbocycles. The monoisotopic (exact) mass is 404 g/mol. The highest BCUT2D eigenvalue weighted by Crippen LogP contribution is 2.35. The molecule has 0 bridgehead atoms. The summed E-state index contributed by atoms with van der Waals surface area (Å²) in [5, 5.41) is 13.9. The molecule has 0 fully saturated rings. The van der Waals surface area contributed by atoms with Gasteiger partial charge in [0.05, 0.1) is 32.3 Å². The summed E-state index contributed by atoms with van der Waals surface area (Å²) in [6.45, 7) is 1.35. The molecule has 2 aromatic rings. The van der Waals surface area contributed by atoms with Crippen LogP contribution in [0.5, 0.6) is 17.2 Å². The van der Waals surface area contributed by atoms with Gasteiger partial charge in [-0.1, -0.05) is 0 Å². The molecule has 0 saturated heterocycles. The Balaban J connectivity index is 2.17. The van der Waals surface area contributed by atoms with E-state index >= 15 is 0 Å². The summed E-state index contributed by atoms with van der Waals surface area (Å²) < 4.78 is 20.2. The van der Waals surface area contributed by atoms with E-state index in [0.717, 1.165) is 12.1 Å². The summed E-state index contributed by atoms with van der Waals surface area (Å²) in [5.74, 6) is -0.841. The number of carbonyl (C=O) groups is 2. The molecule has 0 heterocycles. The third-order valence-corrected chi connectivity index (χ3v) is 3.93. The number of nitrogens with one attached hydrogen (secondary N) is 1. The Kier molecular flexibility index (Phi) is 6.96. The number of hydrogen-bond donors (Lipinski definition) is 1. The molecule has 10 heteroatoms. The van der Waals surface area contributed by atoms with Crippen molar-refractivity contribution in [1.82, 2.24) is 0 Å². The second-order valence-electron chi connectivity index (χ2n) is 5.75. The zero-order chi connectivity index (χ0) is 21.6. The smallest absolute Gasteiger partial charge is 0.346 e. The van der Waals surface area contributed by atoms with Crippen LogP contribution >= 0.6 is 0 Å². The van der Waals surface area contributed by atoms with Gasteiger partial charge in [-0.3, -0.25) is 14.9 Å². The lowest BCUT2D eigenvalue weighted by Gasteiger charge is -2.15. The van der Waals surface area contributed by atoms with E-state index in [0.29, 0.717) is 11.4 Å². The molecular weight excluding hydrogens is 384 g/mol. The van der Waals surface area contributed by atoms with Gasteiger partial charge in [-0.05, 0) is 31.2 Å². The Bertz CT molecular complexity index is 911. The maximum atomic E-state index is 12.5. The third kappa shape index (κ3) is 5.12. The highest BCUT2D eigenvalue weighted by atomic mass is 16.6. The number of methoxy groups -OCH3 is 3. The molecule has 0 unspecified atom stereocenters. The van der Waals surface area contributed by atoms with Gasteiger partial charge in [0, 0.05) is 11.8 Å². The first-order valence-electron chi connectivity index (χ1n) is 8.37. The largest absolute Gasteiger partial charge is 0.497 e. The zero-order valence-corrected chi connectivity index (χ0v) is 16.3. The second-order valence-corrected chi connectivity index (χ2v) is 5.75. The maximum absolute atomic E-state index is 12.5. The molecule has 0 aliphatic rings. The first kappa shape index (κ1) is 21.5. The van der Waals surface area contributed by atoms with E-state index < -0.39 is 28.6 Å². The SMILES string of the molecule is COc1ccc(NC(=O)[C@H](C)OC(=O)c2cc(OC)c(OC)cc2[N+](=O)[O-])cc1. The Hall–Kier alpha value is -3.82. The summed E-state index contributed by atoms with van der Waals surface area (Å²) in [4.78, 5) is 35.3. The Labute approximate surface area is 166 Å². The van der Waals surface area contributed by atoms with Gasteiger partial charge in [0.15, 0.2) is 17.6 Å². The molecule has 2 aromatic carbocycles. The van der Waals surface area contributed by atoms with Crippen LogP contribution in [-0.2, 0) is 9.53 Å². The number of benzene rings is 2. The number of nitro groups is 1. The summed E-state index contributed by atoms with van der Waals surface area (Å²) in [6, 6.07) is 8.72. The molecule has 0 aliphatic heterocycles. The standard InChI is InChI=1S/C19H20N2O8/c1-11(18(22)20-12-5-7-13(26-2)8-6-12)29-19(23)14-9-16(27-3)17(28-4)10-15(14)21(24)25/h5-11H,1-4H3,(H,20,22)/t11-/m0/s1. The van der Waals surface area contributed by atoms with E-state index in [1.54, 1.807) is 24.3 Å². The van der Waals surface area contributed by atoms with Crippen molar-refractivity contribution in [2.75, 3.05) is 26.6 Å². The van der Waals surface area contributed by atoms with Crippen molar-refractivity contribution in [1.29, 1.82) is 0 Å². The van der Waals surface area contributed by atoms with Crippen LogP contribution in [0.2, 0.25) is 0 Å². The average Bonchev–Trinajstić information content (AvgIpc) is 2.72. The van der Waals surface area contributed by atoms with Gasteiger partial charge in [-0.15, -0.1) is 0 Å². The fourth-order valence-electron chi connectivity index (χ4n) is 2.38. The predicted octanol–water partition coefficient (Wildman–Crippen LogP) is 2.80. The zero-order valence-electron chi connectivity index (χ0n) is 16.3. The highest BCUT2D eigenvalue weighted by molar-refractivity contribution is 5.99. The number of hydrogen-bond acceptors (Lipinski definition) is 8. The van der Waals surface area contributed by atoms with Gasteiger partial charge in [0.25, 0.3) is 11.6 Å². The van der Waals surface area contributed by atoms with Crippen LogP contribution in [0.4, 0.5) is 11.4 Å². The molecule has 1 amide bonds. The lowest BCUT2D eigenvalue weighted by molar-refractivity contribution is -0.385. The summed E-state index contributed by atoms with van der Waals surface area (Å²) in [7, 11) is 4.15. The van der Waals surface area contributed by atoms with Crippen LogP contribution in [0.1, 0.15) is 17.3 Å². The van der Waals surface area contributed by atoms with Crippen LogP contribution in [0.3, 0.4) is 0 Å². The number of rotatable bonds is 8. The molecule has 0 radical (unpaired) electrons. The van der Waals surface area contributed by atoms with E-state index in [-0.39, 0.29) is 17.1 Å². The minimum atomic E-state index is -1.21. The van der Waals surface area contributed by atoms with Gasteiger partial charge in [0.2, 0.25) is 0 Å². The number of anilines is 1. The Morgan fingerprint density at radius 2 is 1.59 bits per heavy atom. The minimum Gasteiger partial charge on any atom is -0.497 e. The van der Waals surface area contributed by atoms with Crippen molar-refractivity contribution in [3.63, 3.8) is 0 Å². The Morgan fingerprint density at radius 3 is 2.10 bits per heavy atom. The first-order chi connectivity index (χ1) is 13.8. The van der Waals surface area contributed by atoms with E-state index in [1.165, 1.54) is 28.3 Å². The average molecular weight is 404 g/mol. The van der Waals surface area contributed by atoms with E-state index in [1.807, 2.05) is 0 Å². The molecule has 2 rings (SSSR count). The molecule has 0 spiro atoms. The summed E-state index contributed by atoms with van der Waals surface area (Å²) >= 11 is 0. The lowest BCUT2D eigenvalue weighted by Crippen LogP contribution is -2.30. The number of amides is 1. The van der Waals surface area contributed by atoms with Gasteiger partial charge in [-0.25, -0.2) is 4.79 Å². The maximum Gasteiger partial charge on any atom is 0.346 e. The fraction of sp³-hybridized carbons (Fsp3) is 0.263. The summed E-state index contributed by atoms with van der Waals surface area (Å²) in [5.41, 5.74) is -0.428. The molecule has 29 heavy (non-hydrogen) atoms. The van der Waals surface area contributed by atoms with Crippen molar-refractivity contribution in [3.05, 3.63) is 52.1 Å². The van der Waals surface area contributed by atoms with Crippen molar-refractivity contribution in [2.24, 2.45) is 0 Å². The van der Waals surface area contributed by atoms with Crippen molar-refractivity contribution < 1.29 is 33.5 Å². The number of nitro benzene ring substituents is 1. The molecular formula is C19H20N2O8. The fourth-order valence-corrected chi connectivity index (χ4v) is 2.38. The van der Waals surface area contributed by atoms with Gasteiger partial charge < -0.3 is 24.3 Å². The molecule has 0 aromatic heterocycles. The number of esters is 1. The van der Waals surface area contributed by atoms with Gasteiger partial charge in [0.1, 0.15) is 11.3 Å². The molecule has 0 saturated carbocycles. The first-order valence-corrected chi connectivity index (χ1v) is 8.37.